The van der Waals surface area contributed by atoms with E-state index in [1.165, 1.54) is 18.2 Å². The van der Waals surface area contributed by atoms with Crippen molar-refractivity contribution in [1.82, 2.24) is 0 Å². The summed E-state index contributed by atoms with van der Waals surface area (Å²) in [5.74, 6) is -0.427. The molecular weight excluding hydrogens is 385 g/mol. The normalized spacial score (nSPS) is 12.4. The number of hydrogen-bond donors (Lipinski definition) is 1. The van der Waals surface area contributed by atoms with Crippen molar-refractivity contribution in [3.63, 3.8) is 0 Å². The molecule has 136 valence electrons. The van der Waals surface area contributed by atoms with Gasteiger partial charge in [-0.15, -0.1) is 6.58 Å². The molecule has 2 aromatic rings. The average molecular weight is 400 g/mol. The van der Waals surface area contributed by atoms with Crippen LogP contribution in [0.4, 0.5) is 26.3 Å². The second-order valence-electron chi connectivity index (χ2n) is 5.48. The number of halogens is 6. The Labute approximate surface area is 190 Å². The molecule has 0 aliphatic rings. The number of phenolic OH excluding ortho intramolecular Hbond substituents is 1. The summed E-state index contributed by atoms with van der Waals surface area (Å²) in [7, 11) is 0. The fraction of sp³-hybridized carbons (Fsp3) is 0.222. The number of allylic oxidation sites excluding steroid dienone is 1. The van der Waals surface area contributed by atoms with E-state index >= 15 is 0 Å². The quantitative estimate of drug-likeness (QED) is 0.475. The van der Waals surface area contributed by atoms with Gasteiger partial charge in [-0.25, -0.2) is 0 Å². The van der Waals surface area contributed by atoms with Gasteiger partial charge in [0, 0.05) is 0 Å². The molecule has 0 amide bonds. The zero-order valence-corrected chi connectivity index (χ0v) is 16.9. The van der Waals surface area contributed by atoms with E-state index in [-0.39, 0.29) is 52.8 Å². The van der Waals surface area contributed by atoms with Gasteiger partial charge in [0.05, 0.1) is 0 Å². The minimum absolute atomic E-state index is 0. The summed E-state index contributed by atoms with van der Waals surface area (Å²) < 4.78 is 82.8. The third-order valence-corrected chi connectivity index (χ3v) is 3.92. The van der Waals surface area contributed by atoms with E-state index in [2.05, 4.69) is 6.58 Å². The molecule has 26 heavy (non-hydrogen) atoms. The van der Waals surface area contributed by atoms with Gasteiger partial charge in [0.2, 0.25) is 5.41 Å². The molecule has 0 saturated heterocycles. The first-order valence-electron chi connectivity index (χ1n) is 7.17. The maximum absolute atomic E-state index is 13.8. The Hall–Kier alpha value is -0.804. The second kappa shape index (κ2) is 8.47. The van der Waals surface area contributed by atoms with Crippen LogP contribution in [0.3, 0.4) is 0 Å². The van der Waals surface area contributed by atoms with Gasteiger partial charge in [-0.3, -0.25) is 0 Å². The molecule has 0 fully saturated rings. The van der Waals surface area contributed by atoms with Crippen LogP contribution in [0.2, 0.25) is 0 Å². The van der Waals surface area contributed by atoms with Crippen LogP contribution in [-0.2, 0) is 11.8 Å². The molecule has 0 saturated carbocycles. The minimum atomic E-state index is -5.64. The van der Waals surface area contributed by atoms with Gasteiger partial charge >= 0.3 is 63.7 Å². The summed E-state index contributed by atoms with van der Waals surface area (Å²) in [4.78, 5) is 0. The van der Waals surface area contributed by atoms with Crippen molar-refractivity contribution in [3.8, 4) is 5.75 Å². The average Bonchev–Trinajstić information content (AvgIpc) is 2.49. The SMILES string of the molecule is C=CCc1ccc(C(c2ccc(O)cc2)(C(F)(F)F)C(F)(F)F)cc1.[H-].[K+]. The van der Waals surface area contributed by atoms with E-state index in [0.717, 1.165) is 24.3 Å². The van der Waals surface area contributed by atoms with Gasteiger partial charge in [0.25, 0.3) is 0 Å². The van der Waals surface area contributed by atoms with Crippen LogP contribution in [0.25, 0.3) is 0 Å². The van der Waals surface area contributed by atoms with E-state index < -0.39 is 34.6 Å². The molecule has 0 radical (unpaired) electrons. The Bertz CT molecular complexity index is 724. The third-order valence-electron chi connectivity index (χ3n) is 3.92. The first-order valence-corrected chi connectivity index (χ1v) is 7.17. The molecule has 0 unspecified atom stereocenters. The number of phenols is 1. The molecule has 1 nitrogen and oxygen atoms in total. The summed E-state index contributed by atoms with van der Waals surface area (Å²) in [5.41, 5.74) is -5.60. The zero-order valence-electron chi connectivity index (χ0n) is 14.8. The van der Waals surface area contributed by atoms with Crippen molar-refractivity contribution in [2.45, 2.75) is 24.2 Å². The molecule has 0 heterocycles. The van der Waals surface area contributed by atoms with Crippen molar-refractivity contribution in [3.05, 3.63) is 77.9 Å². The summed E-state index contributed by atoms with van der Waals surface area (Å²) in [6.07, 6.45) is -9.45. The zero-order chi connectivity index (χ0) is 18.9. The standard InChI is InChI=1S/C18H14F6O.K.H/c1-2-3-12-4-6-13(7-5-12)16(17(19,20)21,18(22,23)24)14-8-10-15(25)11-9-14;;/h2,4-11,25H,1,3H2;;/q;+1;-1. The Kier molecular flexibility index (Phi) is 7.57. The van der Waals surface area contributed by atoms with Crippen molar-refractivity contribution in [2.75, 3.05) is 0 Å². The first kappa shape index (κ1) is 23.2. The molecule has 1 N–H and O–H groups in total. The van der Waals surface area contributed by atoms with Crippen molar-refractivity contribution in [1.29, 1.82) is 0 Å². The van der Waals surface area contributed by atoms with Gasteiger partial charge in [0.1, 0.15) is 5.75 Å². The van der Waals surface area contributed by atoms with E-state index in [0.29, 0.717) is 24.1 Å². The Morgan fingerprint density at radius 1 is 0.808 bits per heavy atom. The number of rotatable bonds is 4. The smallest absolute Gasteiger partial charge is 1.00 e. The van der Waals surface area contributed by atoms with E-state index in [4.69, 9.17) is 0 Å². The van der Waals surface area contributed by atoms with Crippen LogP contribution < -0.4 is 51.4 Å². The summed E-state index contributed by atoms with van der Waals surface area (Å²) in [5, 5.41) is 9.22. The van der Waals surface area contributed by atoms with E-state index in [9.17, 15) is 31.4 Å². The number of aromatic hydroxyl groups is 1. The Balaban J connectivity index is 0.00000338. The van der Waals surface area contributed by atoms with E-state index in [1.54, 1.807) is 0 Å². The van der Waals surface area contributed by atoms with Gasteiger partial charge in [-0.2, -0.15) is 26.3 Å². The fourth-order valence-corrected chi connectivity index (χ4v) is 2.75. The maximum atomic E-state index is 13.8. The van der Waals surface area contributed by atoms with Crippen LogP contribution >= 0.6 is 0 Å². The van der Waals surface area contributed by atoms with Crippen LogP contribution in [0.15, 0.2) is 61.2 Å². The summed E-state index contributed by atoms with van der Waals surface area (Å²) >= 11 is 0. The molecular formula is C18H15F6KO. The number of benzene rings is 2. The topological polar surface area (TPSA) is 20.2 Å². The largest absolute Gasteiger partial charge is 1.00 e. The molecule has 0 spiro atoms. The molecule has 0 atom stereocenters. The fourth-order valence-electron chi connectivity index (χ4n) is 2.75. The summed E-state index contributed by atoms with van der Waals surface area (Å²) in [6, 6.07) is 6.94. The number of alkyl halides is 6. The maximum Gasteiger partial charge on any atom is 1.00 e. The van der Waals surface area contributed by atoms with Gasteiger partial charge in [-0.1, -0.05) is 42.5 Å². The molecule has 0 aliphatic carbocycles. The Morgan fingerprint density at radius 3 is 1.54 bits per heavy atom. The van der Waals surface area contributed by atoms with Crippen LogP contribution in [-0.4, -0.2) is 17.5 Å². The van der Waals surface area contributed by atoms with Gasteiger partial charge in [-0.05, 0) is 35.2 Å². The molecule has 0 aromatic heterocycles. The van der Waals surface area contributed by atoms with Crippen LogP contribution in [0.1, 0.15) is 18.1 Å². The van der Waals surface area contributed by atoms with Crippen LogP contribution in [0, 0.1) is 0 Å². The monoisotopic (exact) mass is 400 g/mol. The molecule has 8 heteroatoms. The predicted octanol–water partition coefficient (Wildman–Crippen LogP) is 2.65. The Morgan fingerprint density at radius 2 is 1.19 bits per heavy atom. The second-order valence-corrected chi connectivity index (χ2v) is 5.48. The van der Waals surface area contributed by atoms with Crippen LogP contribution in [0.5, 0.6) is 5.75 Å². The van der Waals surface area contributed by atoms with Crippen molar-refractivity contribution < 1.29 is 84.3 Å². The van der Waals surface area contributed by atoms with E-state index in [1.807, 2.05) is 0 Å². The number of hydrogen-bond acceptors (Lipinski definition) is 1. The third kappa shape index (κ3) is 4.19. The molecule has 2 aromatic carbocycles. The first-order chi connectivity index (χ1) is 11.5. The van der Waals surface area contributed by atoms with Gasteiger partial charge < -0.3 is 6.53 Å². The molecule has 0 bridgehead atoms. The molecule has 0 aliphatic heterocycles. The van der Waals surface area contributed by atoms with Crippen molar-refractivity contribution in [2.24, 2.45) is 0 Å². The predicted molar refractivity (Wildman–Crippen MR) is 82.5 cm³/mol. The van der Waals surface area contributed by atoms with Crippen molar-refractivity contribution >= 4 is 0 Å². The molecule has 2 rings (SSSR count). The summed E-state index contributed by atoms with van der Waals surface area (Å²) in [6.45, 7) is 3.48. The minimum Gasteiger partial charge on any atom is -1.00 e. The van der Waals surface area contributed by atoms with Gasteiger partial charge in [0.15, 0.2) is 0 Å².